The zero-order valence-corrected chi connectivity index (χ0v) is 14.6. The molecule has 1 saturated heterocycles. The van der Waals surface area contributed by atoms with Gasteiger partial charge in [-0.25, -0.2) is 0 Å². The van der Waals surface area contributed by atoms with Gasteiger partial charge in [-0.15, -0.1) is 0 Å². The van der Waals surface area contributed by atoms with Gasteiger partial charge >= 0.3 is 0 Å². The van der Waals surface area contributed by atoms with Crippen LogP contribution in [0.15, 0.2) is 18.2 Å². The maximum absolute atomic E-state index is 12.8. The molecule has 1 aliphatic heterocycles. The molecular weight excluding hydrogens is 304 g/mol. The average molecular weight is 330 g/mol. The standard InChI is InChI=1S/C19H26N2O3/c1-20(12-14-8-9-21(13-14)10-11-24-2)19(23)17-5-3-4-16-15(17)6-7-18(16)22/h3-5,14H,6-13H2,1-2H3. The SMILES string of the molecule is COCCN1CCC(CN(C)C(=O)c2cccc3c2CCC3=O)C1. The van der Waals surface area contributed by atoms with Gasteiger partial charge in [0.25, 0.3) is 5.91 Å². The van der Waals surface area contributed by atoms with Crippen LogP contribution >= 0.6 is 0 Å². The highest BCUT2D eigenvalue weighted by Gasteiger charge is 2.28. The lowest BCUT2D eigenvalue weighted by Gasteiger charge is -2.23. The summed E-state index contributed by atoms with van der Waals surface area (Å²) in [7, 11) is 3.60. The first-order valence-corrected chi connectivity index (χ1v) is 8.72. The van der Waals surface area contributed by atoms with E-state index in [2.05, 4.69) is 4.90 Å². The number of rotatable bonds is 6. The van der Waals surface area contributed by atoms with Crippen LogP contribution in [0, 0.1) is 5.92 Å². The lowest BCUT2D eigenvalue weighted by molar-refractivity contribution is 0.0771. The molecule has 130 valence electrons. The second kappa shape index (κ2) is 7.45. The number of carbonyl (C=O) groups excluding carboxylic acids is 2. The van der Waals surface area contributed by atoms with Crippen molar-refractivity contribution in [1.82, 2.24) is 9.80 Å². The highest BCUT2D eigenvalue weighted by atomic mass is 16.5. The van der Waals surface area contributed by atoms with Crippen molar-refractivity contribution in [2.45, 2.75) is 19.3 Å². The summed E-state index contributed by atoms with van der Waals surface area (Å²) >= 11 is 0. The first-order chi connectivity index (χ1) is 11.6. The van der Waals surface area contributed by atoms with E-state index in [1.165, 1.54) is 0 Å². The van der Waals surface area contributed by atoms with Crippen LogP contribution in [0.4, 0.5) is 0 Å². The molecule has 0 bridgehead atoms. The molecule has 1 atom stereocenters. The Morgan fingerprint density at radius 1 is 1.38 bits per heavy atom. The molecule has 0 aromatic heterocycles. The number of ether oxygens (including phenoxy) is 1. The van der Waals surface area contributed by atoms with Crippen molar-refractivity contribution in [1.29, 1.82) is 0 Å². The molecule has 0 saturated carbocycles. The Balaban J connectivity index is 1.61. The third kappa shape index (κ3) is 3.52. The Bertz CT molecular complexity index is 629. The molecule has 1 aromatic carbocycles. The highest BCUT2D eigenvalue weighted by Crippen LogP contribution is 2.26. The zero-order chi connectivity index (χ0) is 17.1. The van der Waals surface area contributed by atoms with Gasteiger partial charge in [-0.3, -0.25) is 9.59 Å². The molecule has 24 heavy (non-hydrogen) atoms. The van der Waals surface area contributed by atoms with Crippen LogP contribution in [0.25, 0.3) is 0 Å². The van der Waals surface area contributed by atoms with Gasteiger partial charge in [0.1, 0.15) is 0 Å². The summed E-state index contributed by atoms with van der Waals surface area (Å²) in [4.78, 5) is 28.9. The van der Waals surface area contributed by atoms with E-state index in [1.54, 1.807) is 7.11 Å². The minimum absolute atomic E-state index is 0.0388. The number of ketones is 1. The Hall–Kier alpha value is -1.72. The molecular formula is C19H26N2O3. The molecule has 1 heterocycles. The normalized spacial score (nSPS) is 20.4. The first kappa shape index (κ1) is 17.1. The van der Waals surface area contributed by atoms with Gasteiger partial charge < -0.3 is 14.5 Å². The fourth-order valence-electron chi connectivity index (χ4n) is 3.85. The van der Waals surface area contributed by atoms with Crippen molar-refractivity contribution in [3.05, 3.63) is 34.9 Å². The summed E-state index contributed by atoms with van der Waals surface area (Å²) in [6.07, 6.45) is 2.34. The molecule has 0 N–H and O–H groups in total. The molecule has 5 nitrogen and oxygen atoms in total. The number of fused-ring (bicyclic) bond motifs is 1. The number of amides is 1. The smallest absolute Gasteiger partial charge is 0.253 e. The number of methoxy groups -OCH3 is 1. The molecule has 0 radical (unpaired) electrons. The maximum Gasteiger partial charge on any atom is 0.253 e. The highest BCUT2D eigenvalue weighted by molar-refractivity contribution is 6.05. The average Bonchev–Trinajstić information content (AvgIpc) is 3.19. The van der Waals surface area contributed by atoms with Gasteiger partial charge in [-0.2, -0.15) is 0 Å². The molecule has 1 amide bonds. The summed E-state index contributed by atoms with van der Waals surface area (Å²) in [5.74, 6) is 0.706. The van der Waals surface area contributed by atoms with Gasteiger partial charge in [0.15, 0.2) is 5.78 Å². The van der Waals surface area contributed by atoms with Crippen molar-refractivity contribution >= 4 is 11.7 Å². The summed E-state index contributed by atoms with van der Waals surface area (Å²) in [5.41, 5.74) is 2.38. The van der Waals surface area contributed by atoms with E-state index in [1.807, 2.05) is 30.1 Å². The third-order valence-corrected chi connectivity index (χ3v) is 5.17. The molecule has 1 fully saturated rings. The zero-order valence-electron chi connectivity index (χ0n) is 14.6. The van der Waals surface area contributed by atoms with Crippen molar-refractivity contribution in [2.24, 2.45) is 5.92 Å². The number of likely N-dealkylation sites (tertiary alicyclic amines) is 1. The summed E-state index contributed by atoms with van der Waals surface area (Å²) in [6.45, 7) is 4.57. The van der Waals surface area contributed by atoms with Gasteiger partial charge in [0.05, 0.1) is 6.61 Å². The predicted molar refractivity (Wildman–Crippen MR) is 92.5 cm³/mol. The Morgan fingerprint density at radius 3 is 3.00 bits per heavy atom. The topological polar surface area (TPSA) is 49.9 Å². The Labute approximate surface area is 143 Å². The van der Waals surface area contributed by atoms with Crippen molar-refractivity contribution in [3.63, 3.8) is 0 Å². The van der Waals surface area contributed by atoms with Gasteiger partial charge in [0.2, 0.25) is 0 Å². The lowest BCUT2D eigenvalue weighted by atomic mass is 10.0. The minimum atomic E-state index is 0.0388. The van der Waals surface area contributed by atoms with E-state index in [4.69, 9.17) is 4.74 Å². The van der Waals surface area contributed by atoms with Crippen molar-refractivity contribution in [3.8, 4) is 0 Å². The van der Waals surface area contributed by atoms with Crippen molar-refractivity contribution < 1.29 is 14.3 Å². The number of carbonyl (C=O) groups is 2. The first-order valence-electron chi connectivity index (χ1n) is 8.72. The molecule has 2 aliphatic rings. The third-order valence-electron chi connectivity index (χ3n) is 5.17. The maximum atomic E-state index is 12.8. The number of nitrogens with zero attached hydrogens (tertiary/aromatic N) is 2. The second-order valence-corrected chi connectivity index (χ2v) is 6.89. The number of benzene rings is 1. The van der Waals surface area contributed by atoms with Gasteiger partial charge in [-0.1, -0.05) is 12.1 Å². The fourth-order valence-corrected chi connectivity index (χ4v) is 3.85. The minimum Gasteiger partial charge on any atom is -0.383 e. The van der Waals surface area contributed by atoms with Crippen LogP contribution in [0.1, 0.15) is 39.1 Å². The Kier molecular flexibility index (Phi) is 5.31. The monoisotopic (exact) mass is 330 g/mol. The number of hydrogen-bond donors (Lipinski definition) is 0. The largest absolute Gasteiger partial charge is 0.383 e. The molecule has 3 rings (SSSR count). The number of Topliss-reactive ketones (excluding diaryl/α,β-unsaturated/α-hetero) is 1. The quantitative estimate of drug-likeness (QED) is 0.799. The molecule has 1 aliphatic carbocycles. The van der Waals surface area contributed by atoms with E-state index in [9.17, 15) is 9.59 Å². The molecule has 1 unspecified atom stereocenters. The van der Waals surface area contributed by atoms with Crippen LogP contribution in [0.2, 0.25) is 0 Å². The summed E-state index contributed by atoms with van der Waals surface area (Å²) in [5, 5.41) is 0. The lowest BCUT2D eigenvalue weighted by Crippen LogP contribution is -2.34. The summed E-state index contributed by atoms with van der Waals surface area (Å²) < 4.78 is 5.13. The summed E-state index contributed by atoms with van der Waals surface area (Å²) in [6, 6.07) is 5.52. The van der Waals surface area contributed by atoms with Gasteiger partial charge in [-0.05, 0) is 36.9 Å². The predicted octanol–water partition coefficient (Wildman–Crippen LogP) is 1.86. The second-order valence-electron chi connectivity index (χ2n) is 6.89. The van der Waals surface area contributed by atoms with E-state index in [0.717, 1.165) is 50.3 Å². The van der Waals surface area contributed by atoms with Crippen LogP contribution in [-0.2, 0) is 11.2 Å². The Morgan fingerprint density at radius 2 is 2.21 bits per heavy atom. The van der Waals surface area contributed by atoms with Crippen LogP contribution in [-0.4, -0.2) is 68.4 Å². The van der Waals surface area contributed by atoms with Crippen LogP contribution < -0.4 is 0 Å². The van der Waals surface area contributed by atoms with Crippen LogP contribution in [0.5, 0.6) is 0 Å². The van der Waals surface area contributed by atoms with E-state index >= 15 is 0 Å². The number of hydrogen-bond acceptors (Lipinski definition) is 4. The van der Waals surface area contributed by atoms with Gasteiger partial charge in [0, 0.05) is 51.3 Å². The van der Waals surface area contributed by atoms with Crippen LogP contribution in [0.3, 0.4) is 0 Å². The van der Waals surface area contributed by atoms with E-state index in [-0.39, 0.29) is 11.7 Å². The molecule has 0 spiro atoms. The van der Waals surface area contributed by atoms with E-state index < -0.39 is 0 Å². The molecule has 5 heteroatoms. The van der Waals surface area contributed by atoms with Crippen molar-refractivity contribution in [2.75, 3.05) is 46.9 Å². The fraction of sp³-hybridized carbons (Fsp3) is 0.579. The van der Waals surface area contributed by atoms with E-state index in [0.29, 0.717) is 24.3 Å². The molecule has 1 aromatic rings.